The van der Waals surface area contributed by atoms with Crippen molar-refractivity contribution in [2.24, 2.45) is 5.84 Å². The first kappa shape index (κ1) is 14.5. The Labute approximate surface area is 108 Å². The fourth-order valence-electron chi connectivity index (χ4n) is 1.83. The average molecular weight is 257 g/mol. The zero-order chi connectivity index (χ0) is 12.9. The van der Waals surface area contributed by atoms with Crippen LogP contribution < -0.4 is 11.3 Å². The highest BCUT2D eigenvalue weighted by Crippen LogP contribution is 2.19. The Bertz CT molecular complexity index is 338. The van der Waals surface area contributed by atoms with E-state index in [1.54, 1.807) is 0 Å². The summed E-state index contributed by atoms with van der Waals surface area (Å²) in [6.07, 6.45) is 0.806. The van der Waals surface area contributed by atoms with E-state index >= 15 is 0 Å². The fraction of sp³-hybridized carbons (Fsp3) is 0.538. The van der Waals surface area contributed by atoms with Gasteiger partial charge in [0.15, 0.2) is 0 Å². The van der Waals surface area contributed by atoms with Gasteiger partial charge in [0.1, 0.15) is 0 Å². The Balaban J connectivity index is 2.72. The Morgan fingerprint density at radius 2 is 1.94 bits per heavy atom. The molecule has 1 aromatic rings. The molecule has 0 heterocycles. The molecule has 1 aromatic carbocycles. The fourth-order valence-corrected chi connectivity index (χ4v) is 1.96. The third kappa shape index (κ3) is 4.28. The summed E-state index contributed by atoms with van der Waals surface area (Å²) in [6.45, 7) is 6.73. The molecule has 1 atom stereocenters. The van der Waals surface area contributed by atoms with Gasteiger partial charge in [-0.05, 0) is 44.9 Å². The number of hydrogen-bond acceptors (Lipinski definition) is 3. The number of rotatable bonds is 6. The molecule has 0 bridgehead atoms. The normalized spacial score (nSPS) is 13.7. The van der Waals surface area contributed by atoms with E-state index in [-0.39, 0.29) is 11.6 Å². The zero-order valence-electron chi connectivity index (χ0n) is 10.7. The number of nitrogens with two attached hydrogens (primary N) is 1. The van der Waals surface area contributed by atoms with Crippen LogP contribution in [0.1, 0.15) is 26.3 Å². The summed E-state index contributed by atoms with van der Waals surface area (Å²) in [5, 5.41) is 0.745. The second-order valence-electron chi connectivity index (χ2n) is 4.59. The first-order valence-corrected chi connectivity index (χ1v) is 6.22. The molecule has 17 heavy (non-hydrogen) atoms. The lowest BCUT2D eigenvalue weighted by molar-refractivity contribution is -0.0380. The van der Waals surface area contributed by atoms with Crippen LogP contribution in [0, 0.1) is 0 Å². The summed E-state index contributed by atoms with van der Waals surface area (Å²) >= 11 is 5.86. The molecule has 0 aliphatic rings. The standard InChI is InChI=1S/C13H21ClN2O/c1-4-17-13(2,3)12(16-15)9-10-5-7-11(14)8-6-10/h5-8,12,16H,4,9,15H2,1-3H3. The molecule has 3 N–H and O–H groups in total. The highest BCUT2D eigenvalue weighted by molar-refractivity contribution is 6.30. The van der Waals surface area contributed by atoms with Crippen molar-refractivity contribution in [2.45, 2.75) is 38.8 Å². The summed E-state index contributed by atoms with van der Waals surface area (Å²) in [7, 11) is 0. The van der Waals surface area contributed by atoms with Crippen LogP contribution in [0.25, 0.3) is 0 Å². The third-order valence-corrected chi connectivity index (χ3v) is 3.16. The van der Waals surface area contributed by atoms with E-state index < -0.39 is 0 Å². The van der Waals surface area contributed by atoms with E-state index in [9.17, 15) is 0 Å². The number of hydrogen-bond donors (Lipinski definition) is 2. The van der Waals surface area contributed by atoms with Gasteiger partial charge < -0.3 is 4.74 Å². The lowest BCUT2D eigenvalue weighted by atomic mass is 9.92. The first-order chi connectivity index (χ1) is 7.99. The SMILES string of the molecule is CCOC(C)(C)C(Cc1ccc(Cl)cc1)NN. The van der Waals surface area contributed by atoms with Gasteiger partial charge in [0.25, 0.3) is 0 Å². The predicted octanol–water partition coefficient (Wildman–Crippen LogP) is 2.53. The predicted molar refractivity (Wildman–Crippen MR) is 72.0 cm³/mol. The Kier molecular flexibility index (Phi) is 5.40. The highest BCUT2D eigenvalue weighted by Gasteiger charge is 2.29. The summed E-state index contributed by atoms with van der Waals surface area (Å²) in [4.78, 5) is 0. The summed E-state index contributed by atoms with van der Waals surface area (Å²) in [5.74, 6) is 5.61. The number of benzene rings is 1. The molecule has 0 saturated heterocycles. The van der Waals surface area contributed by atoms with Crippen LogP contribution in [-0.2, 0) is 11.2 Å². The van der Waals surface area contributed by atoms with Crippen LogP contribution in [0.15, 0.2) is 24.3 Å². The van der Waals surface area contributed by atoms with Gasteiger partial charge >= 0.3 is 0 Å². The third-order valence-electron chi connectivity index (χ3n) is 2.91. The molecule has 0 aliphatic heterocycles. The second-order valence-corrected chi connectivity index (χ2v) is 5.02. The molecule has 0 aromatic heterocycles. The van der Waals surface area contributed by atoms with Gasteiger partial charge in [0.2, 0.25) is 0 Å². The molecule has 0 saturated carbocycles. The number of ether oxygens (including phenoxy) is 1. The van der Waals surface area contributed by atoms with E-state index in [0.29, 0.717) is 6.61 Å². The van der Waals surface area contributed by atoms with E-state index in [1.807, 2.05) is 45.0 Å². The molecule has 1 unspecified atom stereocenters. The Morgan fingerprint density at radius 3 is 2.41 bits per heavy atom. The van der Waals surface area contributed by atoms with Gasteiger partial charge in [-0.2, -0.15) is 0 Å². The van der Waals surface area contributed by atoms with Gasteiger partial charge in [-0.1, -0.05) is 23.7 Å². The zero-order valence-corrected chi connectivity index (χ0v) is 11.4. The van der Waals surface area contributed by atoms with Crippen LogP contribution in [0.3, 0.4) is 0 Å². The smallest absolute Gasteiger partial charge is 0.0795 e. The molecular weight excluding hydrogens is 236 g/mol. The van der Waals surface area contributed by atoms with Gasteiger partial charge in [0.05, 0.1) is 11.6 Å². The minimum absolute atomic E-state index is 0.0589. The quantitative estimate of drug-likeness (QED) is 0.607. The van der Waals surface area contributed by atoms with Crippen molar-refractivity contribution in [1.82, 2.24) is 5.43 Å². The lowest BCUT2D eigenvalue weighted by Crippen LogP contribution is -2.52. The van der Waals surface area contributed by atoms with Gasteiger partial charge in [-0.3, -0.25) is 11.3 Å². The van der Waals surface area contributed by atoms with Crippen molar-refractivity contribution >= 4 is 11.6 Å². The molecule has 0 spiro atoms. The second kappa shape index (κ2) is 6.36. The van der Waals surface area contributed by atoms with Crippen LogP contribution >= 0.6 is 11.6 Å². The summed E-state index contributed by atoms with van der Waals surface area (Å²) in [5.41, 5.74) is 3.72. The highest BCUT2D eigenvalue weighted by atomic mass is 35.5. The van der Waals surface area contributed by atoms with Crippen LogP contribution in [0.5, 0.6) is 0 Å². The molecular formula is C13H21ClN2O. The van der Waals surface area contributed by atoms with E-state index in [4.69, 9.17) is 22.2 Å². The van der Waals surface area contributed by atoms with Crippen molar-refractivity contribution in [2.75, 3.05) is 6.61 Å². The molecule has 0 fully saturated rings. The molecule has 0 aliphatic carbocycles. The molecule has 1 rings (SSSR count). The monoisotopic (exact) mass is 256 g/mol. The molecule has 0 amide bonds. The molecule has 3 nitrogen and oxygen atoms in total. The Morgan fingerprint density at radius 1 is 1.35 bits per heavy atom. The van der Waals surface area contributed by atoms with Crippen molar-refractivity contribution in [3.05, 3.63) is 34.9 Å². The maximum atomic E-state index is 5.86. The van der Waals surface area contributed by atoms with Crippen molar-refractivity contribution in [3.8, 4) is 0 Å². The van der Waals surface area contributed by atoms with Crippen LogP contribution in [-0.4, -0.2) is 18.2 Å². The molecule has 96 valence electrons. The van der Waals surface area contributed by atoms with Crippen molar-refractivity contribution in [3.63, 3.8) is 0 Å². The van der Waals surface area contributed by atoms with Gasteiger partial charge in [-0.15, -0.1) is 0 Å². The number of hydrazine groups is 1. The van der Waals surface area contributed by atoms with E-state index in [2.05, 4.69) is 5.43 Å². The van der Waals surface area contributed by atoms with Crippen LogP contribution in [0.2, 0.25) is 5.02 Å². The maximum absolute atomic E-state index is 5.86. The van der Waals surface area contributed by atoms with E-state index in [0.717, 1.165) is 11.4 Å². The lowest BCUT2D eigenvalue weighted by Gasteiger charge is -2.33. The minimum atomic E-state index is -0.302. The minimum Gasteiger partial charge on any atom is -0.374 e. The largest absolute Gasteiger partial charge is 0.374 e. The number of nitrogens with one attached hydrogen (secondary N) is 1. The maximum Gasteiger partial charge on any atom is 0.0795 e. The van der Waals surface area contributed by atoms with Gasteiger partial charge in [-0.25, -0.2) is 0 Å². The van der Waals surface area contributed by atoms with Gasteiger partial charge in [0, 0.05) is 11.6 Å². The van der Waals surface area contributed by atoms with Crippen molar-refractivity contribution in [1.29, 1.82) is 0 Å². The topological polar surface area (TPSA) is 47.3 Å². The molecule has 0 radical (unpaired) electrons. The van der Waals surface area contributed by atoms with Crippen LogP contribution in [0.4, 0.5) is 0 Å². The van der Waals surface area contributed by atoms with Crippen molar-refractivity contribution < 1.29 is 4.74 Å². The Hall–Kier alpha value is -0.610. The van der Waals surface area contributed by atoms with E-state index in [1.165, 1.54) is 5.56 Å². The molecule has 4 heteroatoms. The average Bonchev–Trinajstić information content (AvgIpc) is 2.28. The first-order valence-electron chi connectivity index (χ1n) is 5.84. The summed E-state index contributed by atoms with van der Waals surface area (Å²) < 4.78 is 5.71. The number of halogens is 1. The summed E-state index contributed by atoms with van der Waals surface area (Å²) in [6, 6.07) is 7.85.